The maximum Gasteiger partial charge on any atom is 0.356 e. The standard InChI is InChI=1S/C12H12N4O2S/c1-8-13-5-10(11(17)18-2)16(8)7-9-6-15-3-4-19-12(15)14-9/h3-6H,7H2,1-2H3. The summed E-state index contributed by atoms with van der Waals surface area (Å²) >= 11 is 1.58. The molecule has 0 saturated heterocycles. The molecule has 6 nitrogen and oxygen atoms in total. The summed E-state index contributed by atoms with van der Waals surface area (Å²) < 4.78 is 8.51. The van der Waals surface area contributed by atoms with Crippen molar-refractivity contribution in [3.63, 3.8) is 0 Å². The molecule has 0 saturated carbocycles. The van der Waals surface area contributed by atoms with Gasteiger partial charge in [0.05, 0.1) is 25.5 Å². The van der Waals surface area contributed by atoms with Crippen LogP contribution in [0.1, 0.15) is 22.0 Å². The Hall–Kier alpha value is -2.15. The van der Waals surface area contributed by atoms with E-state index in [0.717, 1.165) is 16.5 Å². The van der Waals surface area contributed by atoms with Crippen LogP contribution in [0.2, 0.25) is 0 Å². The molecule has 0 atom stereocenters. The summed E-state index contributed by atoms with van der Waals surface area (Å²) in [7, 11) is 1.36. The Balaban J connectivity index is 1.96. The maximum absolute atomic E-state index is 11.7. The molecule has 19 heavy (non-hydrogen) atoms. The van der Waals surface area contributed by atoms with Crippen LogP contribution in [0.15, 0.2) is 24.0 Å². The fraction of sp³-hybridized carbons (Fsp3) is 0.250. The van der Waals surface area contributed by atoms with Crippen LogP contribution in [0.4, 0.5) is 0 Å². The first-order valence-electron chi connectivity index (χ1n) is 5.70. The van der Waals surface area contributed by atoms with Gasteiger partial charge >= 0.3 is 5.97 Å². The minimum absolute atomic E-state index is 0.387. The van der Waals surface area contributed by atoms with E-state index in [0.29, 0.717) is 12.2 Å². The van der Waals surface area contributed by atoms with Gasteiger partial charge in [-0.3, -0.25) is 4.40 Å². The number of hydrogen-bond donors (Lipinski definition) is 0. The third kappa shape index (κ3) is 2.01. The van der Waals surface area contributed by atoms with Gasteiger partial charge in [-0.05, 0) is 6.92 Å². The summed E-state index contributed by atoms with van der Waals surface area (Å²) in [6.45, 7) is 2.36. The van der Waals surface area contributed by atoms with Crippen molar-refractivity contribution >= 4 is 22.3 Å². The first kappa shape index (κ1) is 11.9. The Labute approximate surface area is 113 Å². The summed E-state index contributed by atoms with van der Waals surface area (Å²) in [6, 6.07) is 0. The minimum Gasteiger partial charge on any atom is -0.464 e. The highest BCUT2D eigenvalue weighted by molar-refractivity contribution is 7.15. The van der Waals surface area contributed by atoms with Gasteiger partial charge in [0.15, 0.2) is 4.96 Å². The van der Waals surface area contributed by atoms with Gasteiger partial charge in [0.1, 0.15) is 11.5 Å². The van der Waals surface area contributed by atoms with Crippen molar-refractivity contribution in [1.82, 2.24) is 18.9 Å². The molecule has 0 radical (unpaired) electrons. The van der Waals surface area contributed by atoms with E-state index in [-0.39, 0.29) is 5.97 Å². The molecule has 7 heteroatoms. The number of hydrogen-bond acceptors (Lipinski definition) is 5. The summed E-state index contributed by atoms with van der Waals surface area (Å²) in [5.41, 5.74) is 1.33. The van der Waals surface area contributed by atoms with Crippen molar-refractivity contribution in [2.75, 3.05) is 7.11 Å². The Bertz CT molecular complexity index is 711. The third-order valence-corrected chi connectivity index (χ3v) is 3.68. The van der Waals surface area contributed by atoms with Crippen LogP contribution in [0.25, 0.3) is 4.96 Å². The highest BCUT2D eigenvalue weighted by atomic mass is 32.1. The number of fused-ring (bicyclic) bond motifs is 1. The Morgan fingerprint density at radius 1 is 1.53 bits per heavy atom. The van der Waals surface area contributed by atoms with Gasteiger partial charge in [-0.2, -0.15) is 0 Å². The lowest BCUT2D eigenvalue weighted by Gasteiger charge is -2.06. The molecule has 98 valence electrons. The molecule has 0 unspecified atom stereocenters. The van der Waals surface area contributed by atoms with Gasteiger partial charge in [0.2, 0.25) is 0 Å². The molecular weight excluding hydrogens is 264 g/mol. The summed E-state index contributed by atoms with van der Waals surface area (Å²) in [6.07, 6.45) is 5.43. The average molecular weight is 276 g/mol. The van der Waals surface area contributed by atoms with Gasteiger partial charge < -0.3 is 9.30 Å². The van der Waals surface area contributed by atoms with Gasteiger partial charge in [-0.25, -0.2) is 14.8 Å². The van der Waals surface area contributed by atoms with Crippen LogP contribution >= 0.6 is 11.3 Å². The fourth-order valence-corrected chi connectivity index (χ4v) is 2.67. The smallest absolute Gasteiger partial charge is 0.356 e. The molecule has 0 aromatic carbocycles. The van der Waals surface area contributed by atoms with Crippen molar-refractivity contribution in [1.29, 1.82) is 0 Å². The number of methoxy groups -OCH3 is 1. The average Bonchev–Trinajstić information content (AvgIpc) is 3.05. The molecular formula is C12H12N4O2S. The molecule has 3 aromatic heterocycles. The number of imidazole rings is 2. The highest BCUT2D eigenvalue weighted by Gasteiger charge is 2.16. The van der Waals surface area contributed by atoms with Crippen LogP contribution in [-0.2, 0) is 11.3 Å². The molecule has 0 spiro atoms. The van der Waals surface area contributed by atoms with Crippen LogP contribution in [-0.4, -0.2) is 32.0 Å². The van der Waals surface area contributed by atoms with E-state index in [1.54, 1.807) is 15.9 Å². The van der Waals surface area contributed by atoms with Gasteiger partial charge in [0.25, 0.3) is 0 Å². The summed E-state index contributed by atoms with van der Waals surface area (Å²) in [5.74, 6) is 0.373. The molecule has 3 aromatic rings. The predicted molar refractivity (Wildman–Crippen MR) is 70.5 cm³/mol. The Kier molecular flexibility index (Phi) is 2.83. The maximum atomic E-state index is 11.7. The van der Waals surface area contributed by atoms with Crippen molar-refractivity contribution in [3.8, 4) is 0 Å². The van der Waals surface area contributed by atoms with E-state index >= 15 is 0 Å². The number of ether oxygens (including phenoxy) is 1. The van der Waals surface area contributed by atoms with Gasteiger partial charge in [-0.15, -0.1) is 11.3 Å². The molecule has 0 fully saturated rings. The highest BCUT2D eigenvalue weighted by Crippen LogP contribution is 2.14. The number of nitrogens with zero attached hydrogens (tertiary/aromatic N) is 4. The molecule has 0 bridgehead atoms. The minimum atomic E-state index is -0.387. The normalized spacial score (nSPS) is 11.1. The molecule has 3 heterocycles. The zero-order chi connectivity index (χ0) is 13.4. The Morgan fingerprint density at radius 2 is 2.37 bits per heavy atom. The fourth-order valence-electron chi connectivity index (χ4n) is 1.95. The Morgan fingerprint density at radius 3 is 3.11 bits per heavy atom. The van der Waals surface area contributed by atoms with E-state index in [1.807, 2.05) is 29.1 Å². The quantitative estimate of drug-likeness (QED) is 0.684. The zero-order valence-corrected chi connectivity index (χ0v) is 11.3. The zero-order valence-electron chi connectivity index (χ0n) is 10.5. The van der Waals surface area contributed by atoms with Gasteiger partial charge in [0, 0.05) is 17.8 Å². The number of aromatic nitrogens is 4. The second kappa shape index (κ2) is 4.51. The van der Waals surface area contributed by atoms with Gasteiger partial charge in [-0.1, -0.05) is 0 Å². The number of esters is 1. The van der Waals surface area contributed by atoms with Crippen LogP contribution in [0.5, 0.6) is 0 Å². The molecule has 0 aliphatic carbocycles. The lowest BCUT2D eigenvalue weighted by atomic mass is 10.4. The summed E-state index contributed by atoms with van der Waals surface area (Å²) in [4.78, 5) is 21.2. The van der Waals surface area contributed by atoms with E-state index in [4.69, 9.17) is 4.74 Å². The number of aryl methyl sites for hydroxylation is 1. The largest absolute Gasteiger partial charge is 0.464 e. The monoisotopic (exact) mass is 276 g/mol. The van der Waals surface area contributed by atoms with E-state index in [9.17, 15) is 4.79 Å². The molecule has 0 amide bonds. The van der Waals surface area contributed by atoms with E-state index < -0.39 is 0 Å². The SMILES string of the molecule is COC(=O)c1cnc(C)n1Cc1cn2ccsc2n1. The number of rotatable bonds is 3. The van der Waals surface area contributed by atoms with Crippen molar-refractivity contribution < 1.29 is 9.53 Å². The van der Waals surface area contributed by atoms with Crippen molar-refractivity contribution in [2.45, 2.75) is 13.5 Å². The number of carbonyl (C=O) groups is 1. The van der Waals surface area contributed by atoms with Crippen LogP contribution in [0.3, 0.4) is 0 Å². The first-order valence-corrected chi connectivity index (χ1v) is 6.58. The first-order chi connectivity index (χ1) is 9.19. The number of carbonyl (C=O) groups excluding carboxylic acids is 1. The van der Waals surface area contributed by atoms with Crippen molar-refractivity contribution in [2.24, 2.45) is 0 Å². The lowest BCUT2D eigenvalue weighted by molar-refractivity contribution is 0.0588. The summed E-state index contributed by atoms with van der Waals surface area (Å²) in [5, 5.41) is 1.98. The van der Waals surface area contributed by atoms with Crippen molar-refractivity contribution in [3.05, 3.63) is 41.2 Å². The van der Waals surface area contributed by atoms with Crippen LogP contribution in [0, 0.1) is 6.92 Å². The van der Waals surface area contributed by atoms with Crippen LogP contribution < -0.4 is 0 Å². The number of thiazole rings is 1. The van der Waals surface area contributed by atoms with E-state index in [1.165, 1.54) is 13.3 Å². The molecule has 0 aliphatic heterocycles. The molecule has 3 rings (SSSR count). The second-order valence-corrected chi connectivity index (χ2v) is 4.97. The molecule has 0 N–H and O–H groups in total. The topological polar surface area (TPSA) is 61.4 Å². The lowest BCUT2D eigenvalue weighted by Crippen LogP contribution is -2.12. The second-order valence-electron chi connectivity index (χ2n) is 4.09. The third-order valence-electron chi connectivity index (χ3n) is 2.91. The van der Waals surface area contributed by atoms with E-state index in [2.05, 4.69) is 9.97 Å². The predicted octanol–water partition coefficient (Wildman–Crippen LogP) is 1.74. The molecule has 0 aliphatic rings.